The van der Waals surface area contributed by atoms with Crippen molar-refractivity contribution >= 4 is 5.96 Å². The van der Waals surface area contributed by atoms with Gasteiger partial charge < -0.3 is 25.2 Å². The molecule has 0 amide bonds. The van der Waals surface area contributed by atoms with Crippen LogP contribution in [0.3, 0.4) is 0 Å². The molecule has 0 spiro atoms. The quantitative estimate of drug-likeness (QED) is 0.462. The van der Waals surface area contributed by atoms with Gasteiger partial charge in [0.05, 0.1) is 38.5 Å². The minimum atomic E-state index is -0.609. The first-order valence-electron chi connectivity index (χ1n) is 10.3. The van der Waals surface area contributed by atoms with Crippen LogP contribution >= 0.6 is 0 Å². The maximum atomic E-state index is 10.3. The summed E-state index contributed by atoms with van der Waals surface area (Å²) in [6.07, 6.45) is 2.78. The van der Waals surface area contributed by atoms with E-state index in [1.54, 1.807) is 7.11 Å². The Morgan fingerprint density at radius 3 is 2.54 bits per heavy atom. The van der Waals surface area contributed by atoms with E-state index >= 15 is 0 Å². The van der Waals surface area contributed by atoms with E-state index in [1.165, 1.54) is 5.56 Å². The van der Waals surface area contributed by atoms with E-state index in [9.17, 15) is 5.11 Å². The van der Waals surface area contributed by atoms with Gasteiger partial charge >= 0.3 is 0 Å². The van der Waals surface area contributed by atoms with E-state index in [4.69, 9.17) is 9.47 Å². The molecule has 1 saturated carbocycles. The van der Waals surface area contributed by atoms with Gasteiger partial charge in [-0.3, -0.25) is 9.89 Å². The van der Waals surface area contributed by atoms with E-state index in [1.807, 2.05) is 12.1 Å². The summed E-state index contributed by atoms with van der Waals surface area (Å²) in [5, 5.41) is 17.1. The van der Waals surface area contributed by atoms with Crippen LogP contribution in [0.1, 0.15) is 37.8 Å². The predicted molar refractivity (Wildman–Crippen MR) is 111 cm³/mol. The van der Waals surface area contributed by atoms with E-state index in [-0.39, 0.29) is 6.04 Å². The minimum absolute atomic E-state index is 0.213. The molecule has 0 radical (unpaired) electrons. The van der Waals surface area contributed by atoms with Gasteiger partial charge in [0.15, 0.2) is 5.96 Å². The van der Waals surface area contributed by atoms with E-state index in [0.29, 0.717) is 6.54 Å². The third-order valence-corrected chi connectivity index (χ3v) is 5.61. The van der Waals surface area contributed by atoms with Crippen molar-refractivity contribution in [1.29, 1.82) is 0 Å². The molecule has 7 nitrogen and oxygen atoms in total. The Morgan fingerprint density at radius 1 is 1.25 bits per heavy atom. The molecular weight excluding hydrogens is 356 g/mol. The van der Waals surface area contributed by atoms with Crippen LogP contribution in [0.15, 0.2) is 29.3 Å². The molecular formula is C21H34N4O3. The van der Waals surface area contributed by atoms with Gasteiger partial charge in [0.25, 0.3) is 0 Å². The fourth-order valence-corrected chi connectivity index (χ4v) is 3.68. The van der Waals surface area contributed by atoms with Crippen LogP contribution in [-0.2, 0) is 4.74 Å². The van der Waals surface area contributed by atoms with Crippen molar-refractivity contribution in [2.45, 2.75) is 37.8 Å². The molecule has 0 aromatic heterocycles. The van der Waals surface area contributed by atoms with Crippen LogP contribution in [0.25, 0.3) is 0 Å². The number of morpholine rings is 1. The number of guanidine groups is 1. The number of hydrogen-bond acceptors (Lipinski definition) is 5. The number of benzene rings is 1. The van der Waals surface area contributed by atoms with Crippen LogP contribution in [-0.4, -0.2) is 74.6 Å². The Kier molecular flexibility index (Phi) is 7.53. The molecule has 3 N–H and O–H groups in total. The van der Waals surface area contributed by atoms with Gasteiger partial charge in [-0.1, -0.05) is 12.1 Å². The van der Waals surface area contributed by atoms with Crippen molar-refractivity contribution < 1.29 is 14.6 Å². The topological polar surface area (TPSA) is 78.4 Å². The van der Waals surface area contributed by atoms with Crippen molar-refractivity contribution in [3.05, 3.63) is 29.8 Å². The highest BCUT2D eigenvalue weighted by molar-refractivity contribution is 5.79. The zero-order chi connectivity index (χ0) is 19.8. The highest BCUT2D eigenvalue weighted by Crippen LogP contribution is 2.31. The Balaban J connectivity index is 1.68. The smallest absolute Gasteiger partial charge is 0.191 e. The monoisotopic (exact) mass is 390 g/mol. The van der Waals surface area contributed by atoms with Gasteiger partial charge in [0, 0.05) is 26.2 Å². The first-order chi connectivity index (χ1) is 13.6. The van der Waals surface area contributed by atoms with Gasteiger partial charge in [0.1, 0.15) is 5.75 Å². The van der Waals surface area contributed by atoms with Crippen LogP contribution in [0, 0.1) is 0 Å². The summed E-state index contributed by atoms with van der Waals surface area (Å²) < 4.78 is 10.8. The lowest BCUT2D eigenvalue weighted by molar-refractivity contribution is -0.0236. The SMILES string of the molecule is CCNC(=NCC1(O)CCC1)NCC(c1ccc(OC)cc1)N1CCOCC1. The lowest BCUT2D eigenvalue weighted by Gasteiger charge is -2.36. The first-order valence-corrected chi connectivity index (χ1v) is 10.3. The number of aliphatic imine (C=N–C) groups is 1. The van der Waals surface area contributed by atoms with Crippen LogP contribution in [0.4, 0.5) is 0 Å². The number of aliphatic hydroxyl groups is 1. The number of hydrogen-bond donors (Lipinski definition) is 3. The highest BCUT2D eigenvalue weighted by Gasteiger charge is 2.34. The molecule has 1 aromatic rings. The molecule has 1 heterocycles. The Bertz CT molecular complexity index is 625. The lowest BCUT2D eigenvalue weighted by Crippen LogP contribution is -2.47. The second-order valence-electron chi connectivity index (χ2n) is 7.59. The second-order valence-corrected chi connectivity index (χ2v) is 7.59. The van der Waals surface area contributed by atoms with Gasteiger partial charge in [-0.05, 0) is 43.9 Å². The highest BCUT2D eigenvalue weighted by atomic mass is 16.5. The number of nitrogens with one attached hydrogen (secondary N) is 2. The first kappa shape index (κ1) is 20.9. The fraction of sp³-hybridized carbons (Fsp3) is 0.667. The summed E-state index contributed by atoms with van der Waals surface area (Å²) in [6, 6.07) is 8.48. The molecule has 1 aliphatic carbocycles. The summed E-state index contributed by atoms with van der Waals surface area (Å²) in [6.45, 7) is 7.36. The van der Waals surface area contributed by atoms with Crippen molar-refractivity contribution in [1.82, 2.24) is 15.5 Å². The van der Waals surface area contributed by atoms with Gasteiger partial charge in [0.2, 0.25) is 0 Å². The molecule has 156 valence electrons. The second kappa shape index (κ2) is 10.1. The van der Waals surface area contributed by atoms with Crippen LogP contribution < -0.4 is 15.4 Å². The summed E-state index contributed by atoms with van der Waals surface area (Å²) in [4.78, 5) is 7.07. The van der Waals surface area contributed by atoms with Crippen LogP contribution in [0.5, 0.6) is 5.75 Å². The van der Waals surface area contributed by atoms with E-state index in [0.717, 1.165) is 70.4 Å². The molecule has 1 aromatic carbocycles. The third-order valence-electron chi connectivity index (χ3n) is 5.61. The van der Waals surface area contributed by atoms with Gasteiger partial charge in [-0.2, -0.15) is 0 Å². The zero-order valence-corrected chi connectivity index (χ0v) is 17.1. The summed E-state index contributed by atoms with van der Waals surface area (Å²) >= 11 is 0. The fourth-order valence-electron chi connectivity index (χ4n) is 3.68. The Hall–Kier alpha value is -1.83. The summed E-state index contributed by atoms with van der Waals surface area (Å²) in [7, 11) is 1.69. The summed E-state index contributed by atoms with van der Waals surface area (Å²) in [5.41, 5.74) is 0.630. The number of ether oxygens (including phenoxy) is 2. The molecule has 3 rings (SSSR count). The minimum Gasteiger partial charge on any atom is -0.497 e. The lowest BCUT2D eigenvalue weighted by atomic mass is 9.80. The number of methoxy groups -OCH3 is 1. The Morgan fingerprint density at radius 2 is 1.96 bits per heavy atom. The molecule has 1 saturated heterocycles. The third kappa shape index (κ3) is 5.59. The molecule has 2 aliphatic rings. The van der Waals surface area contributed by atoms with E-state index in [2.05, 4.69) is 39.6 Å². The molecule has 0 bridgehead atoms. The molecule has 1 aliphatic heterocycles. The Labute approximate surface area is 168 Å². The van der Waals surface area contributed by atoms with Crippen LogP contribution in [0.2, 0.25) is 0 Å². The molecule has 2 fully saturated rings. The normalized spacial score (nSPS) is 20.9. The van der Waals surface area contributed by atoms with Crippen molar-refractivity contribution in [3.8, 4) is 5.75 Å². The predicted octanol–water partition coefficient (Wildman–Crippen LogP) is 1.54. The molecule has 28 heavy (non-hydrogen) atoms. The van der Waals surface area contributed by atoms with Crippen molar-refractivity contribution in [2.75, 3.05) is 53.0 Å². The summed E-state index contributed by atoms with van der Waals surface area (Å²) in [5.74, 6) is 1.62. The average molecular weight is 391 g/mol. The maximum Gasteiger partial charge on any atom is 0.191 e. The zero-order valence-electron chi connectivity index (χ0n) is 17.1. The van der Waals surface area contributed by atoms with E-state index < -0.39 is 5.60 Å². The van der Waals surface area contributed by atoms with Gasteiger partial charge in [-0.25, -0.2) is 0 Å². The maximum absolute atomic E-state index is 10.3. The molecule has 1 unspecified atom stereocenters. The van der Waals surface area contributed by atoms with Gasteiger partial charge in [-0.15, -0.1) is 0 Å². The largest absolute Gasteiger partial charge is 0.497 e. The average Bonchev–Trinajstić information content (AvgIpc) is 2.72. The number of nitrogens with zero attached hydrogens (tertiary/aromatic N) is 2. The molecule has 7 heteroatoms. The molecule has 1 atom stereocenters. The van der Waals surface area contributed by atoms with Crippen molar-refractivity contribution in [2.24, 2.45) is 4.99 Å². The number of rotatable bonds is 8. The van der Waals surface area contributed by atoms with Crippen molar-refractivity contribution in [3.63, 3.8) is 0 Å². The standard InChI is InChI=1S/C21H34N4O3/c1-3-22-20(24-16-21(26)9-4-10-21)23-15-19(25-11-13-28-14-12-25)17-5-7-18(27-2)8-6-17/h5-8,19,26H,3-4,9-16H2,1-2H3,(H2,22,23,24).